The Balaban J connectivity index is 1.51. The second-order valence-electron chi connectivity index (χ2n) is 7.99. The number of hydrogen-bond acceptors (Lipinski definition) is 4. The third-order valence-corrected chi connectivity index (χ3v) is 6.85. The van der Waals surface area contributed by atoms with E-state index in [1.54, 1.807) is 0 Å². The van der Waals surface area contributed by atoms with Crippen molar-refractivity contribution in [3.63, 3.8) is 0 Å². The molecule has 0 radical (unpaired) electrons. The number of carbonyl (C=O) groups is 3. The third-order valence-electron chi connectivity index (χ3n) is 6.85. The van der Waals surface area contributed by atoms with Gasteiger partial charge >= 0.3 is 6.09 Å². The summed E-state index contributed by atoms with van der Waals surface area (Å²) in [6, 6.07) is 8.90. The third kappa shape index (κ3) is 2.00. The summed E-state index contributed by atoms with van der Waals surface area (Å²) in [4.78, 5) is 39.8. The zero-order valence-corrected chi connectivity index (χ0v) is 14.7. The fourth-order valence-electron chi connectivity index (χ4n) is 5.78. The van der Waals surface area contributed by atoms with Gasteiger partial charge in [0, 0.05) is 5.92 Å². The van der Waals surface area contributed by atoms with Crippen LogP contribution in [-0.4, -0.2) is 29.3 Å². The number of rotatable bonds is 2. The van der Waals surface area contributed by atoms with Crippen molar-refractivity contribution >= 4 is 17.8 Å². The maximum absolute atomic E-state index is 13.3. The van der Waals surface area contributed by atoms with Gasteiger partial charge in [-0.05, 0) is 49.5 Å². The molecule has 26 heavy (non-hydrogen) atoms. The molecular formula is C21H21NO4. The zero-order valence-electron chi connectivity index (χ0n) is 14.7. The van der Waals surface area contributed by atoms with Crippen LogP contribution in [0.1, 0.15) is 37.8 Å². The van der Waals surface area contributed by atoms with Crippen LogP contribution in [0.4, 0.5) is 4.79 Å². The number of cyclic esters (lactones) is 1. The molecule has 0 N–H and O–H groups in total. The SMILES string of the molecule is CC1=C(C(=O)N2C(=O)OC[C@@H]2c2ccccc2)C(=O)C2C3CCC(C3)C12. The molecular weight excluding hydrogens is 330 g/mol. The van der Waals surface area contributed by atoms with Gasteiger partial charge < -0.3 is 4.74 Å². The highest BCUT2D eigenvalue weighted by atomic mass is 16.6. The van der Waals surface area contributed by atoms with Gasteiger partial charge in [-0.2, -0.15) is 0 Å². The van der Waals surface area contributed by atoms with Crippen molar-refractivity contribution in [1.29, 1.82) is 0 Å². The Bertz CT molecular complexity index is 843. The lowest BCUT2D eigenvalue weighted by atomic mass is 9.79. The minimum atomic E-state index is -0.656. The Morgan fingerprint density at radius 3 is 2.46 bits per heavy atom. The van der Waals surface area contributed by atoms with Crippen molar-refractivity contribution in [2.24, 2.45) is 23.7 Å². The number of amides is 2. The first-order valence-corrected chi connectivity index (χ1v) is 9.38. The van der Waals surface area contributed by atoms with E-state index < -0.39 is 18.0 Å². The summed E-state index contributed by atoms with van der Waals surface area (Å²) in [5, 5.41) is 0. The monoisotopic (exact) mass is 351 g/mol. The number of Topliss-reactive ketones (excluding diaryl/α,β-unsaturated/α-hetero) is 1. The van der Waals surface area contributed by atoms with Gasteiger partial charge in [-0.25, -0.2) is 9.69 Å². The van der Waals surface area contributed by atoms with Crippen LogP contribution >= 0.6 is 0 Å². The van der Waals surface area contributed by atoms with Crippen LogP contribution in [0.15, 0.2) is 41.5 Å². The van der Waals surface area contributed by atoms with Gasteiger partial charge in [-0.3, -0.25) is 9.59 Å². The summed E-state index contributed by atoms with van der Waals surface area (Å²) >= 11 is 0. The average molecular weight is 351 g/mol. The molecule has 2 amide bonds. The molecule has 1 saturated heterocycles. The molecule has 2 saturated carbocycles. The largest absolute Gasteiger partial charge is 0.446 e. The van der Waals surface area contributed by atoms with Crippen LogP contribution in [0.25, 0.3) is 0 Å². The summed E-state index contributed by atoms with van der Waals surface area (Å²) in [6.45, 7) is 2.04. The number of allylic oxidation sites excluding steroid dienone is 1. The first-order valence-electron chi connectivity index (χ1n) is 9.38. The van der Waals surface area contributed by atoms with E-state index in [2.05, 4.69) is 0 Å². The molecule has 5 rings (SSSR count). The van der Waals surface area contributed by atoms with Crippen molar-refractivity contribution in [2.45, 2.75) is 32.2 Å². The van der Waals surface area contributed by atoms with E-state index in [1.165, 1.54) is 0 Å². The zero-order chi connectivity index (χ0) is 18.0. The molecule has 1 aromatic carbocycles. The van der Waals surface area contributed by atoms with Gasteiger partial charge in [0.25, 0.3) is 5.91 Å². The quantitative estimate of drug-likeness (QED) is 0.767. The van der Waals surface area contributed by atoms with Crippen molar-refractivity contribution in [3.05, 3.63) is 47.0 Å². The van der Waals surface area contributed by atoms with Gasteiger partial charge in [0.05, 0.1) is 5.57 Å². The Hall–Kier alpha value is -2.43. The Morgan fingerprint density at radius 2 is 1.77 bits per heavy atom. The predicted molar refractivity (Wildman–Crippen MR) is 92.9 cm³/mol. The molecule has 134 valence electrons. The fraction of sp³-hybridized carbons (Fsp3) is 0.476. The molecule has 5 atom stereocenters. The molecule has 0 aromatic heterocycles. The van der Waals surface area contributed by atoms with Crippen LogP contribution in [0, 0.1) is 23.7 Å². The molecule has 4 unspecified atom stereocenters. The van der Waals surface area contributed by atoms with E-state index in [0.29, 0.717) is 11.8 Å². The number of ketones is 1. The van der Waals surface area contributed by atoms with Crippen LogP contribution < -0.4 is 0 Å². The van der Waals surface area contributed by atoms with Crippen molar-refractivity contribution in [3.8, 4) is 0 Å². The number of nitrogens with zero attached hydrogens (tertiary/aromatic N) is 1. The topological polar surface area (TPSA) is 63.7 Å². The minimum absolute atomic E-state index is 0.0403. The van der Waals surface area contributed by atoms with E-state index in [9.17, 15) is 14.4 Å². The maximum atomic E-state index is 13.3. The molecule has 0 spiro atoms. The fourth-order valence-corrected chi connectivity index (χ4v) is 5.78. The summed E-state index contributed by atoms with van der Waals surface area (Å²) in [5.74, 6) is 0.576. The normalized spacial score (nSPS) is 35.3. The van der Waals surface area contributed by atoms with Gasteiger partial charge in [0.15, 0.2) is 5.78 Å². The van der Waals surface area contributed by atoms with Gasteiger partial charge in [-0.15, -0.1) is 0 Å². The van der Waals surface area contributed by atoms with Crippen molar-refractivity contribution in [1.82, 2.24) is 4.90 Å². The Kier molecular flexibility index (Phi) is 3.36. The van der Waals surface area contributed by atoms with Gasteiger partial charge in [0.1, 0.15) is 12.6 Å². The number of imide groups is 1. The molecule has 4 aliphatic rings. The lowest BCUT2D eigenvalue weighted by Crippen LogP contribution is -2.37. The number of hydrogen-bond donors (Lipinski definition) is 0. The first kappa shape index (κ1) is 15.8. The van der Waals surface area contributed by atoms with E-state index in [0.717, 1.165) is 35.3 Å². The predicted octanol–water partition coefficient (Wildman–Crippen LogP) is 3.27. The van der Waals surface area contributed by atoms with Gasteiger partial charge in [0.2, 0.25) is 0 Å². The van der Waals surface area contributed by atoms with E-state index >= 15 is 0 Å². The summed E-state index contributed by atoms with van der Waals surface area (Å²) in [6.07, 6.45) is 2.69. The highest BCUT2D eigenvalue weighted by Crippen LogP contribution is 2.59. The number of fused-ring (bicyclic) bond motifs is 5. The lowest BCUT2D eigenvalue weighted by molar-refractivity contribution is -0.129. The minimum Gasteiger partial charge on any atom is -0.446 e. The molecule has 5 nitrogen and oxygen atoms in total. The Morgan fingerprint density at radius 1 is 1.08 bits per heavy atom. The van der Waals surface area contributed by atoms with Crippen molar-refractivity contribution < 1.29 is 19.1 Å². The molecule has 1 aliphatic heterocycles. The molecule has 3 aliphatic carbocycles. The first-order chi connectivity index (χ1) is 12.6. The molecule has 1 aromatic rings. The molecule has 2 bridgehead atoms. The summed E-state index contributed by atoms with van der Waals surface area (Å²) in [5.41, 5.74) is 1.98. The summed E-state index contributed by atoms with van der Waals surface area (Å²) < 4.78 is 5.16. The van der Waals surface area contributed by atoms with Crippen LogP contribution in [0.5, 0.6) is 0 Å². The highest BCUT2D eigenvalue weighted by Gasteiger charge is 2.58. The second-order valence-corrected chi connectivity index (χ2v) is 7.99. The van der Waals surface area contributed by atoms with Gasteiger partial charge in [-0.1, -0.05) is 35.9 Å². The number of carbonyl (C=O) groups excluding carboxylic acids is 3. The average Bonchev–Trinajstić information content (AvgIpc) is 3.39. The van der Waals surface area contributed by atoms with Crippen LogP contribution in [0.2, 0.25) is 0 Å². The number of ether oxygens (including phenoxy) is 1. The molecule has 1 heterocycles. The van der Waals surface area contributed by atoms with Crippen LogP contribution in [-0.2, 0) is 14.3 Å². The summed E-state index contributed by atoms with van der Waals surface area (Å²) in [7, 11) is 0. The van der Waals surface area contributed by atoms with Crippen LogP contribution in [0.3, 0.4) is 0 Å². The molecule has 3 fully saturated rings. The van der Waals surface area contributed by atoms with Crippen molar-refractivity contribution in [2.75, 3.05) is 6.61 Å². The Labute approximate surface area is 152 Å². The lowest BCUT2D eigenvalue weighted by Gasteiger charge is -2.24. The van der Waals surface area contributed by atoms with E-state index in [-0.39, 0.29) is 29.8 Å². The smallest absolute Gasteiger partial charge is 0.417 e. The van der Waals surface area contributed by atoms with E-state index in [4.69, 9.17) is 4.74 Å². The maximum Gasteiger partial charge on any atom is 0.417 e. The second kappa shape index (κ2) is 5.53. The standard InChI is InChI=1S/C21H21NO4/c1-11-16-13-7-8-14(9-13)18(16)19(23)17(11)20(24)22-15(10-26-21(22)25)12-5-3-2-4-6-12/h2-6,13-16,18H,7-10H2,1H3/t13?,14?,15-,16?,18?/m1/s1. The highest BCUT2D eigenvalue weighted by molar-refractivity contribution is 6.25. The van der Waals surface area contributed by atoms with E-state index in [1.807, 2.05) is 37.3 Å². The molecule has 5 heteroatoms. The number of benzene rings is 1.